The van der Waals surface area contributed by atoms with E-state index in [1.165, 1.54) is 12.5 Å². The average Bonchev–Trinajstić information content (AvgIpc) is 4.15. The zero-order chi connectivity index (χ0) is 56.8. The van der Waals surface area contributed by atoms with E-state index >= 15 is 0 Å². The molecule has 6 aliphatic rings. The molecule has 0 aromatic heterocycles. The lowest BCUT2D eigenvalue weighted by molar-refractivity contribution is -0.213. The van der Waals surface area contributed by atoms with Crippen molar-refractivity contribution in [2.45, 2.75) is 205 Å². The summed E-state index contributed by atoms with van der Waals surface area (Å²) in [4.78, 5) is 65.5. The molecule has 0 bridgehead atoms. The van der Waals surface area contributed by atoms with Gasteiger partial charge >= 0.3 is 29.8 Å². The van der Waals surface area contributed by atoms with Gasteiger partial charge in [0.1, 0.15) is 5.60 Å². The normalized spacial score (nSPS) is 35.6. The highest BCUT2D eigenvalue weighted by Crippen LogP contribution is 2.59. The van der Waals surface area contributed by atoms with Crippen molar-refractivity contribution >= 4 is 38.2 Å². The van der Waals surface area contributed by atoms with Crippen molar-refractivity contribution in [2.24, 2.45) is 17.8 Å². The lowest BCUT2D eigenvalue weighted by Crippen LogP contribution is -2.66. The highest BCUT2D eigenvalue weighted by molar-refractivity contribution is 6.70. The van der Waals surface area contributed by atoms with Gasteiger partial charge in [-0.25, -0.2) is 14.4 Å². The van der Waals surface area contributed by atoms with E-state index in [1.54, 1.807) is 40.7 Å². The Labute approximate surface area is 454 Å². The molecule has 420 valence electrons. The van der Waals surface area contributed by atoms with Gasteiger partial charge in [0.15, 0.2) is 55.1 Å². The Hall–Kier alpha value is -5.27. The van der Waals surface area contributed by atoms with Crippen LogP contribution in [0.1, 0.15) is 119 Å². The molecule has 2 aliphatic heterocycles. The minimum absolute atomic E-state index is 0.0119. The van der Waals surface area contributed by atoms with E-state index in [0.29, 0.717) is 36.5 Å². The summed E-state index contributed by atoms with van der Waals surface area (Å²) in [5, 5.41) is 36.6. The molecule has 0 amide bonds. The summed E-state index contributed by atoms with van der Waals surface area (Å²) in [7, 11) is -2.23. The Morgan fingerprint density at radius 1 is 0.805 bits per heavy atom. The first-order chi connectivity index (χ1) is 36.0. The molecule has 0 spiro atoms. The molecule has 14 atom stereocenters. The van der Waals surface area contributed by atoms with Crippen LogP contribution in [0.25, 0.3) is 0 Å². The molecule has 2 saturated heterocycles. The summed E-state index contributed by atoms with van der Waals surface area (Å²) in [5.74, 6) is -4.11. The second kappa shape index (κ2) is 22.5. The predicted molar refractivity (Wildman–Crippen MR) is 287 cm³/mol. The summed E-state index contributed by atoms with van der Waals surface area (Å²) in [6.45, 7) is 27.5. The monoisotopic (exact) mass is 1080 g/mol. The summed E-state index contributed by atoms with van der Waals surface area (Å²) < 4.78 is 48.8. The number of aliphatic hydroxyl groups is 3. The number of hydrogen-bond donors (Lipinski definition) is 3. The van der Waals surface area contributed by atoms with Gasteiger partial charge in [-0.2, -0.15) is 0 Å². The molecule has 4 aliphatic carbocycles. The number of hydrogen-bond acceptors (Lipinski definition) is 16. The predicted octanol–water partition coefficient (Wildman–Crippen LogP) is 8.40. The zero-order valence-electron chi connectivity index (χ0n) is 47.1. The standard InChI is InChI=1S/C34H44O11.C26H36O5Si/c1-8-10-16-24(36)42-28-26-25(20(4)27(28)43-30(37)19(3)9-2)29-34(40,33(7,39)31(38)44-29)23(17-32(26,6)45-21(5)35)41-18-22-14-12-11-13-15-22;1-16-13-20-17(2)14-21(29-15-19-11-9-8-10-12-19)26(28)23(22(20)18(16)3)30-24(27)25(26,4)31-32(5,6)7/h9,11-15,23,26-29,39-40H,8,10,16-18H2,1-7H3;8-12,16,20-21,23,28H,2,13-15H2,1,3-7H3/b19-9-;/t23-,26-,27+,28+,29+,32+,33-,34-;16-,20-,21+,23-,25-,26+/m11/s1. The number of unbranched alkanes of at least 4 members (excludes halogenated alkanes) is 1. The molecule has 4 fully saturated rings. The van der Waals surface area contributed by atoms with Crippen LogP contribution in [0.15, 0.2) is 107 Å². The summed E-state index contributed by atoms with van der Waals surface area (Å²) in [5.41, 5.74) is -3.76. The van der Waals surface area contributed by atoms with E-state index in [2.05, 4.69) is 20.4 Å². The third kappa shape index (κ3) is 10.9. The van der Waals surface area contributed by atoms with Crippen LogP contribution < -0.4 is 0 Å². The van der Waals surface area contributed by atoms with Crippen LogP contribution >= 0.6 is 0 Å². The third-order valence-corrected chi connectivity index (χ3v) is 17.8. The Kier molecular flexibility index (Phi) is 17.3. The van der Waals surface area contributed by atoms with Gasteiger partial charge in [-0.1, -0.05) is 105 Å². The molecule has 17 heteroatoms. The Bertz CT molecular complexity index is 2690. The van der Waals surface area contributed by atoms with Crippen LogP contribution in [-0.2, 0) is 74.8 Å². The largest absolute Gasteiger partial charge is 0.459 e. The molecule has 8 rings (SSSR count). The van der Waals surface area contributed by atoms with Crippen molar-refractivity contribution in [1.29, 1.82) is 0 Å². The highest BCUT2D eigenvalue weighted by atomic mass is 28.4. The summed E-state index contributed by atoms with van der Waals surface area (Å²) in [6.07, 6.45) is -2.64. The Morgan fingerprint density at radius 2 is 1.36 bits per heavy atom. The van der Waals surface area contributed by atoms with Gasteiger partial charge in [-0.3, -0.25) is 9.59 Å². The fraction of sp³-hybridized carbons (Fsp3) is 0.583. The average molecular weight is 1090 g/mol. The Morgan fingerprint density at radius 3 is 1.91 bits per heavy atom. The molecule has 2 aromatic rings. The maximum atomic E-state index is 13.4. The van der Waals surface area contributed by atoms with Crippen LogP contribution in [0.3, 0.4) is 0 Å². The topological polar surface area (TPSA) is 220 Å². The van der Waals surface area contributed by atoms with Crippen molar-refractivity contribution in [1.82, 2.24) is 0 Å². The molecule has 2 heterocycles. The number of fused-ring (bicyclic) bond motifs is 6. The van der Waals surface area contributed by atoms with Crippen molar-refractivity contribution in [3.8, 4) is 0 Å². The molecular formula is C60H80O16Si. The fourth-order valence-electron chi connectivity index (χ4n) is 12.5. The van der Waals surface area contributed by atoms with Crippen molar-refractivity contribution in [3.63, 3.8) is 0 Å². The number of benzene rings is 2. The van der Waals surface area contributed by atoms with Gasteiger partial charge in [0.2, 0.25) is 0 Å². The zero-order valence-corrected chi connectivity index (χ0v) is 48.1. The fourth-order valence-corrected chi connectivity index (χ4v) is 13.9. The quantitative estimate of drug-likeness (QED) is 0.0501. The maximum absolute atomic E-state index is 13.4. The lowest BCUT2D eigenvalue weighted by atomic mass is 9.75. The number of allylic oxidation sites excluding steroid dienone is 2. The molecule has 3 N–H and O–H groups in total. The van der Waals surface area contributed by atoms with E-state index in [0.717, 1.165) is 42.0 Å². The molecule has 16 nitrogen and oxygen atoms in total. The second-order valence-corrected chi connectivity index (χ2v) is 27.8. The van der Waals surface area contributed by atoms with E-state index in [9.17, 15) is 39.3 Å². The van der Waals surface area contributed by atoms with Crippen LogP contribution in [0.5, 0.6) is 0 Å². The molecule has 2 aromatic carbocycles. The number of carbonyl (C=O) groups is 5. The van der Waals surface area contributed by atoms with Gasteiger partial charge < -0.3 is 52.9 Å². The molecule has 0 radical (unpaired) electrons. The summed E-state index contributed by atoms with van der Waals surface area (Å²) in [6, 6.07) is 19.0. The number of esters is 5. The lowest BCUT2D eigenvalue weighted by Gasteiger charge is -2.44. The minimum Gasteiger partial charge on any atom is -0.459 e. The van der Waals surface area contributed by atoms with Crippen molar-refractivity contribution < 1.29 is 76.9 Å². The minimum atomic E-state index is -2.46. The first-order valence-electron chi connectivity index (χ1n) is 26.9. The van der Waals surface area contributed by atoms with E-state index in [1.807, 2.05) is 87.2 Å². The summed E-state index contributed by atoms with van der Waals surface area (Å²) >= 11 is 0. The van der Waals surface area contributed by atoms with Gasteiger partial charge in [0, 0.05) is 31.3 Å². The van der Waals surface area contributed by atoms with Gasteiger partial charge in [0.25, 0.3) is 0 Å². The first kappa shape index (κ1) is 59.4. The van der Waals surface area contributed by atoms with Crippen LogP contribution in [0, 0.1) is 17.8 Å². The maximum Gasteiger partial charge on any atom is 0.341 e. The smallest absolute Gasteiger partial charge is 0.341 e. The third-order valence-electron chi connectivity index (χ3n) is 16.8. The number of carbonyl (C=O) groups excluding carboxylic acids is 5. The Balaban J connectivity index is 0.000000236. The number of rotatable bonds is 15. The van der Waals surface area contributed by atoms with Crippen molar-refractivity contribution in [3.05, 3.63) is 118 Å². The molecule has 0 unspecified atom stereocenters. The van der Waals surface area contributed by atoms with Crippen molar-refractivity contribution in [2.75, 3.05) is 0 Å². The molecule has 2 saturated carbocycles. The number of ether oxygens (including phenoxy) is 7. The molecule has 77 heavy (non-hydrogen) atoms. The SMILES string of the molecule is C/C=C(/C)C(=O)O[C@H]1C(C)=C2[C@H]([C@@H]1OC(=O)CCCC)[C@@](C)(OC(C)=O)C[C@@H](OCc1ccccc1)[C@@]1(O)[C@H]2OC(=O)[C@@]1(C)O.C=C1C[C@H](OCc2ccccc2)[C@]2(O)[C@H](OC(=O)[C@@]2(C)O[Si](C)(C)C)C2=C(C)[C@H](C)C[C@H]12. The van der Waals surface area contributed by atoms with Gasteiger partial charge in [-0.15, -0.1) is 0 Å². The first-order valence-corrected chi connectivity index (χ1v) is 30.3. The van der Waals surface area contributed by atoms with E-state index in [4.69, 9.17) is 37.6 Å². The van der Waals surface area contributed by atoms with Gasteiger partial charge in [0.05, 0.1) is 31.3 Å². The van der Waals surface area contributed by atoms with Crippen LogP contribution in [0.2, 0.25) is 19.6 Å². The molecular weight excluding hydrogens is 1000 g/mol. The second-order valence-electron chi connectivity index (χ2n) is 23.4. The highest BCUT2D eigenvalue weighted by Gasteiger charge is 2.76. The van der Waals surface area contributed by atoms with E-state index in [-0.39, 0.29) is 30.9 Å². The van der Waals surface area contributed by atoms with Gasteiger partial charge in [-0.05, 0) is 121 Å². The van der Waals surface area contributed by atoms with E-state index < -0.39 is 109 Å². The van der Waals surface area contributed by atoms with Crippen LogP contribution in [0.4, 0.5) is 0 Å². The van der Waals surface area contributed by atoms with Crippen LogP contribution in [-0.4, -0.2) is 118 Å².